The summed E-state index contributed by atoms with van der Waals surface area (Å²) in [4.78, 5) is 23.2. The number of hydrogen-bond acceptors (Lipinski definition) is 4. The summed E-state index contributed by atoms with van der Waals surface area (Å²) < 4.78 is 10.4. The number of rotatable bonds is 6. The molecule has 0 aromatic heterocycles. The van der Waals surface area contributed by atoms with Crippen molar-refractivity contribution >= 4 is 11.9 Å². The molecule has 0 aliphatic carbocycles. The fraction of sp³-hybridized carbons (Fsp3) is 0.143. The molecule has 0 amide bonds. The molecular formula is C21H20O4. The highest BCUT2D eigenvalue weighted by atomic mass is 16.5. The maximum Gasteiger partial charge on any atom is 0.338 e. The van der Waals surface area contributed by atoms with E-state index in [1.54, 1.807) is 31.2 Å². The van der Waals surface area contributed by atoms with Gasteiger partial charge in [-0.25, -0.2) is 9.59 Å². The quantitative estimate of drug-likeness (QED) is 0.436. The van der Waals surface area contributed by atoms with Crippen molar-refractivity contribution in [1.29, 1.82) is 0 Å². The number of esters is 2. The minimum atomic E-state index is -0.451. The highest BCUT2D eigenvalue weighted by Gasteiger charge is 2.09. The molecule has 0 atom stereocenters. The molecule has 0 aliphatic heterocycles. The van der Waals surface area contributed by atoms with Crippen molar-refractivity contribution in [3.05, 3.63) is 72.8 Å². The molecule has 128 valence electrons. The molecule has 0 unspecified atom stereocenters. The normalized spacial score (nSPS) is 10.0. The fourth-order valence-electron chi connectivity index (χ4n) is 1.95. The molecule has 0 saturated heterocycles. The van der Waals surface area contributed by atoms with Crippen molar-refractivity contribution in [1.82, 2.24) is 0 Å². The molecule has 0 N–H and O–H groups in total. The van der Waals surface area contributed by atoms with Gasteiger partial charge in [0.2, 0.25) is 0 Å². The zero-order valence-corrected chi connectivity index (χ0v) is 14.4. The predicted octanol–water partition coefficient (Wildman–Crippen LogP) is 4.71. The van der Waals surface area contributed by atoms with Gasteiger partial charge in [0.1, 0.15) is 11.5 Å². The van der Waals surface area contributed by atoms with Crippen LogP contribution >= 0.6 is 0 Å². The minimum absolute atomic E-state index is 0.347. The third-order valence-electron chi connectivity index (χ3n) is 3.53. The summed E-state index contributed by atoms with van der Waals surface area (Å²) in [5.41, 5.74) is 2.68. The predicted molar refractivity (Wildman–Crippen MR) is 97.4 cm³/mol. The minimum Gasteiger partial charge on any atom is -0.423 e. The summed E-state index contributed by atoms with van der Waals surface area (Å²) in [6, 6.07) is 14.3. The smallest absolute Gasteiger partial charge is 0.338 e. The Bertz CT molecular complexity index is 799. The van der Waals surface area contributed by atoms with Crippen LogP contribution in [-0.2, 0) is 9.59 Å². The van der Waals surface area contributed by atoms with E-state index in [1.807, 2.05) is 31.2 Å². The van der Waals surface area contributed by atoms with Crippen molar-refractivity contribution in [3.8, 4) is 22.6 Å². The van der Waals surface area contributed by atoms with Gasteiger partial charge >= 0.3 is 11.9 Å². The second kappa shape index (κ2) is 8.11. The number of benzene rings is 2. The van der Waals surface area contributed by atoms with E-state index in [0.717, 1.165) is 11.1 Å². The van der Waals surface area contributed by atoms with E-state index in [2.05, 4.69) is 13.2 Å². The number of carbonyl (C=O) groups excluding carboxylic acids is 2. The summed E-state index contributed by atoms with van der Waals surface area (Å²) in [6.07, 6.45) is 0.555. The summed E-state index contributed by atoms with van der Waals surface area (Å²) in [5, 5.41) is 0. The van der Waals surface area contributed by atoms with Gasteiger partial charge in [0.05, 0.1) is 0 Å². The summed E-state index contributed by atoms with van der Waals surface area (Å²) in [5.74, 6) is 0.0576. The number of carbonyl (C=O) groups is 2. The Morgan fingerprint density at radius 2 is 1.20 bits per heavy atom. The van der Waals surface area contributed by atoms with Gasteiger partial charge in [-0.3, -0.25) is 0 Å². The van der Waals surface area contributed by atoms with Gasteiger partial charge in [-0.2, -0.15) is 0 Å². The maximum atomic E-state index is 11.7. The van der Waals surface area contributed by atoms with Gasteiger partial charge in [-0.15, -0.1) is 0 Å². The Morgan fingerprint density at radius 1 is 0.800 bits per heavy atom. The SMILES string of the molecule is C=C(C)C(=O)Oc1ccc(-c2ccc(OC(=O)C(=C)CC)cc2)cc1. The molecule has 0 saturated carbocycles. The van der Waals surface area contributed by atoms with Crippen molar-refractivity contribution < 1.29 is 19.1 Å². The molecule has 2 rings (SSSR count). The maximum absolute atomic E-state index is 11.7. The van der Waals surface area contributed by atoms with Gasteiger partial charge in [0, 0.05) is 11.1 Å². The molecule has 0 heterocycles. The first-order valence-electron chi connectivity index (χ1n) is 7.89. The summed E-state index contributed by atoms with van der Waals surface area (Å²) in [7, 11) is 0. The molecule has 0 spiro atoms. The van der Waals surface area contributed by atoms with Crippen molar-refractivity contribution in [2.45, 2.75) is 20.3 Å². The first-order chi connectivity index (χ1) is 11.9. The summed E-state index contributed by atoms with van der Waals surface area (Å²) >= 11 is 0. The average molecular weight is 336 g/mol. The molecule has 0 aliphatic rings. The van der Waals surface area contributed by atoms with Crippen molar-refractivity contribution in [2.24, 2.45) is 0 Å². The van der Waals surface area contributed by atoms with Crippen LogP contribution in [0.4, 0.5) is 0 Å². The average Bonchev–Trinajstić information content (AvgIpc) is 2.62. The monoisotopic (exact) mass is 336 g/mol. The van der Waals surface area contributed by atoms with Crippen LogP contribution in [0.1, 0.15) is 20.3 Å². The van der Waals surface area contributed by atoms with E-state index in [1.165, 1.54) is 0 Å². The van der Waals surface area contributed by atoms with Crippen LogP contribution in [0, 0.1) is 0 Å². The van der Waals surface area contributed by atoms with E-state index >= 15 is 0 Å². The lowest BCUT2D eigenvalue weighted by atomic mass is 10.1. The Labute approximate surface area is 147 Å². The van der Waals surface area contributed by atoms with Crippen LogP contribution < -0.4 is 9.47 Å². The van der Waals surface area contributed by atoms with Gasteiger partial charge in [-0.05, 0) is 48.7 Å². The highest BCUT2D eigenvalue weighted by Crippen LogP contribution is 2.25. The molecule has 4 nitrogen and oxygen atoms in total. The first-order valence-corrected chi connectivity index (χ1v) is 7.89. The Hall–Kier alpha value is -3.14. The first kappa shape index (κ1) is 18.2. The van der Waals surface area contributed by atoms with Crippen LogP contribution in [0.3, 0.4) is 0 Å². The van der Waals surface area contributed by atoms with Crippen LogP contribution in [0.15, 0.2) is 72.8 Å². The molecule has 2 aromatic carbocycles. The summed E-state index contributed by atoms with van der Waals surface area (Å²) in [6.45, 7) is 10.7. The molecule has 4 heteroatoms. The lowest BCUT2D eigenvalue weighted by Crippen LogP contribution is -2.09. The van der Waals surface area contributed by atoms with Gasteiger partial charge < -0.3 is 9.47 Å². The lowest BCUT2D eigenvalue weighted by Gasteiger charge is -2.08. The zero-order chi connectivity index (χ0) is 18.4. The largest absolute Gasteiger partial charge is 0.423 e. The molecular weight excluding hydrogens is 316 g/mol. The van der Waals surface area contributed by atoms with Crippen LogP contribution in [0.25, 0.3) is 11.1 Å². The standard InChI is InChI=1S/C21H20O4/c1-5-15(4)21(23)25-19-12-8-17(9-13-19)16-6-10-18(11-7-16)24-20(22)14(2)3/h6-13H,2,4-5H2,1,3H3. The van der Waals surface area contributed by atoms with Crippen LogP contribution in [0.5, 0.6) is 11.5 Å². The second-order valence-corrected chi connectivity index (χ2v) is 5.57. The fourth-order valence-corrected chi connectivity index (χ4v) is 1.95. The number of hydrogen-bond donors (Lipinski definition) is 0. The third-order valence-corrected chi connectivity index (χ3v) is 3.53. The van der Waals surface area contributed by atoms with Gasteiger partial charge in [0.15, 0.2) is 0 Å². The highest BCUT2D eigenvalue weighted by molar-refractivity contribution is 5.89. The van der Waals surface area contributed by atoms with Crippen molar-refractivity contribution in [3.63, 3.8) is 0 Å². The van der Waals surface area contributed by atoms with E-state index < -0.39 is 11.9 Å². The molecule has 0 radical (unpaired) electrons. The molecule has 0 fully saturated rings. The van der Waals surface area contributed by atoms with Gasteiger partial charge in [0.25, 0.3) is 0 Å². The topological polar surface area (TPSA) is 52.6 Å². The van der Waals surface area contributed by atoms with E-state index in [9.17, 15) is 9.59 Å². The van der Waals surface area contributed by atoms with Gasteiger partial charge in [-0.1, -0.05) is 44.3 Å². The molecule has 25 heavy (non-hydrogen) atoms. The Morgan fingerprint density at radius 3 is 1.56 bits per heavy atom. The van der Waals surface area contributed by atoms with Crippen LogP contribution in [0.2, 0.25) is 0 Å². The zero-order valence-electron chi connectivity index (χ0n) is 14.4. The lowest BCUT2D eigenvalue weighted by molar-refractivity contribution is -0.131. The number of ether oxygens (including phenoxy) is 2. The van der Waals surface area contributed by atoms with Crippen molar-refractivity contribution in [2.75, 3.05) is 0 Å². The second-order valence-electron chi connectivity index (χ2n) is 5.57. The van der Waals surface area contributed by atoms with E-state index in [-0.39, 0.29) is 0 Å². The Kier molecular flexibility index (Phi) is 5.90. The van der Waals surface area contributed by atoms with Crippen LogP contribution in [-0.4, -0.2) is 11.9 Å². The molecule has 0 bridgehead atoms. The Balaban J connectivity index is 2.07. The van der Waals surface area contributed by atoms with E-state index in [0.29, 0.717) is 29.1 Å². The third kappa shape index (κ3) is 4.91. The van der Waals surface area contributed by atoms with E-state index in [4.69, 9.17) is 9.47 Å². The molecule has 2 aromatic rings.